The summed E-state index contributed by atoms with van der Waals surface area (Å²) in [6.45, 7) is 6.20. The van der Waals surface area contributed by atoms with E-state index in [-0.39, 0.29) is 5.91 Å². The van der Waals surface area contributed by atoms with Crippen molar-refractivity contribution in [2.75, 3.05) is 23.3 Å². The van der Waals surface area contributed by atoms with Gasteiger partial charge in [-0.15, -0.1) is 0 Å². The van der Waals surface area contributed by atoms with E-state index in [1.54, 1.807) is 12.2 Å². The van der Waals surface area contributed by atoms with Gasteiger partial charge in [-0.2, -0.15) is 0 Å². The Morgan fingerprint density at radius 1 is 1.04 bits per heavy atom. The lowest BCUT2D eigenvalue weighted by Gasteiger charge is -2.21. The second-order valence-corrected chi connectivity index (χ2v) is 6.01. The van der Waals surface area contributed by atoms with Crippen molar-refractivity contribution in [3.63, 3.8) is 0 Å². The minimum absolute atomic E-state index is 0.136. The van der Waals surface area contributed by atoms with Crippen LogP contribution in [0.2, 0.25) is 0 Å². The van der Waals surface area contributed by atoms with Gasteiger partial charge in [0.2, 0.25) is 5.91 Å². The number of carbonyl (C=O) groups is 1. The summed E-state index contributed by atoms with van der Waals surface area (Å²) < 4.78 is 1.02. The minimum atomic E-state index is -0.136. The van der Waals surface area contributed by atoms with Crippen LogP contribution in [0.25, 0.3) is 6.08 Å². The van der Waals surface area contributed by atoms with Crippen molar-refractivity contribution in [1.29, 1.82) is 0 Å². The highest BCUT2D eigenvalue weighted by Crippen LogP contribution is 2.18. The standard InChI is InChI=1S/C19H21BrN2O/c1-3-22(4-2)18-12-10-17(11-13-18)21-19(23)14-7-15-5-8-16(20)9-6-15/h5-14H,3-4H2,1-2H3,(H,21,23). The summed E-state index contributed by atoms with van der Waals surface area (Å²) in [6.07, 6.45) is 3.34. The topological polar surface area (TPSA) is 32.3 Å². The molecule has 2 aromatic carbocycles. The second-order valence-electron chi connectivity index (χ2n) is 5.09. The molecule has 0 saturated heterocycles. The zero-order valence-electron chi connectivity index (χ0n) is 13.4. The molecule has 0 aliphatic carbocycles. The van der Waals surface area contributed by atoms with Gasteiger partial charge in [-0.1, -0.05) is 28.1 Å². The molecule has 0 heterocycles. The normalized spacial score (nSPS) is 10.7. The van der Waals surface area contributed by atoms with E-state index in [0.29, 0.717) is 0 Å². The first-order valence-corrected chi connectivity index (χ1v) is 8.51. The summed E-state index contributed by atoms with van der Waals surface area (Å²) in [5.74, 6) is -0.136. The van der Waals surface area contributed by atoms with Gasteiger partial charge in [-0.3, -0.25) is 4.79 Å². The third-order valence-corrected chi connectivity index (χ3v) is 4.09. The number of amides is 1. The zero-order chi connectivity index (χ0) is 16.7. The van der Waals surface area contributed by atoms with Crippen LogP contribution in [-0.2, 0) is 4.79 Å². The summed E-state index contributed by atoms with van der Waals surface area (Å²) >= 11 is 3.39. The molecule has 3 nitrogen and oxygen atoms in total. The van der Waals surface area contributed by atoms with Gasteiger partial charge in [0.15, 0.2) is 0 Å². The number of nitrogens with one attached hydrogen (secondary N) is 1. The van der Waals surface area contributed by atoms with Crippen molar-refractivity contribution in [2.45, 2.75) is 13.8 Å². The summed E-state index contributed by atoms with van der Waals surface area (Å²) in [4.78, 5) is 14.2. The highest BCUT2D eigenvalue weighted by Gasteiger charge is 2.02. The molecular weight excluding hydrogens is 352 g/mol. The molecule has 2 aromatic rings. The van der Waals surface area contributed by atoms with Gasteiger partial charge in [-0.25, -0.2) is 0 Å². The van der Waals surface area contributed by atoms with E-state index in [1.807, 2.05) is 48.5 Å². The Morgan fingerprint density at radius 3 is 2.22 bits per heavy atom. The molecule has 0 atom stereocenters. The molecule has 1 amide bonds. The molecule has 23 heavy (non-hydrogen) atoms. The van der Waals surface area contributed by atoms with Gasteiger partial charge in [0.05, 0.1) is 0 Å². The molecule has 0 spiro atoms. The average Bonchev–Trinajstić information content (AvgIpc) is 2.57. The van der Waals surface area contributed by atoms with Crippen LogP contribution in [0, 0.1) is 0 Å². The average molecular weight is 373 g/mol. The first-order valence-electron chi connectivity index (χ1n) is 7.72. The maximum absolute atomic E-state index is 12.0. The fraction of sp³-hybridized carbons (Fsp3) is 0.211. The number of halogens is 1. The molecule has 0 bridgehead atoms. The van der Waals surface area contributed by atoms with Crippen molar-refractivity contribution in [2.24, 2.45) is 0 Å². The lowest BCUT2D eigenvalue weighted by atomic mass is 10.2. The molecule has 0 aliphatic heterocycles. The van der Waals surface area contributed by atoms with Crippen LogP contribution in [-0.4, -0.2) is 19.0 Å². The van der Waals surface area contributed by atoms with Crippen molar-refractivity contribution < 1.29 is 4.79 Å². The Bertz CT molecular complexity index is 659. The summed E-state index contributed by atoms with van der Waals surface area (Å²) in [6, 6.07) is 15.7. The first-order chi connectivity index (χ1) is 11.1. The SMILES string of the molecule is CCN(CC)c1ccc(NC(=O)C=Cc2ccc(Br)cc2)cc1. The van der Waals surface area contributed by atoms with Crippen LogP contribution in [0.4, 0.5) is 11.4 Å². The molecule has 4 heteroatoms. The fourth-order valence-electron chi connectivity index (χ4n) is 2.27. The van der Waals surface area contributed by atoms with Gasteiger partial charge in [0.25, 0.3) is 0 Å². The van der Waals surface area contributed by atoms with Crippen LogP contribution >= 0.6 is 15.9 Å². The van der Waals surface area contributed by atoms with Gasteiger partial charge in [0.1, 0.15) is 0 Å². The quantitative estimate of drug-likeness (QED) is 0.727. The van der Waals surface area contributed by atoms with E-state index in [0.717, 1.165) is 28.8 Å². The molecular formula is C19H21BrN2O. The molecule has 0 aliphatic rings. The molecule has 120 valence electrons. The van der Waals surface area contributed by atoms with Crippen LogP contribution in [0.3, 0.4) is 0 Å². The monoisotopic (exact) mass is 372 g/mol. The number of anilines is 2. The van der Waals surface area contributed by atoms with Crippen LogP contribution < -0.4 is 10.2 Å². The van der Waals surface area contributed by atoms with E-state index in [4.69, 9.17) is 0 Å². The Morgan fingerprint density at radius 2 is 1.65 bits per heavy atom. The van der Waals surface area contributed by atoms with Crippen LogP contribution in [0.1, 0.15) is 19.4 Å². The van der Waals surface area contributed by atoms with E-state index in [2.05, 4.69) is 40.0 Å². The third kappa shape index (κ3) is 5.25. The zero-order valence-corrected chi connectivity index (χ0v) is 15.0. The molecule has 0 radical (unpaired) electrons. The first kappa shape index (κ1) is 17.3. The highest BCUT2D eigenvalue weighted by atomic mass is 79.9. The number of carbonyl (C=O) groups excluding carboxylic acids is 1. The number of hydrogen-bond acceptors (Lipinski definition) is 2. The lowest BCUT2D eigenvalue weighted by Crippen LogP contribution is -2.21. The van der Waals surface area contributed by atoms with E-state index >= 15 is 0 Å². The lowest BCUT2D eigenvalue weighted by molar-refractivity contribution is -0.111. The van der Waals surface area contributed by atoms with Crippen molar-refractivity contribution in [3.8, 4) is 0 Å². The largest absolute Gasteiger partial charge is 0.372 e. The smallest absolute Gasteiger partial charge is 0.248 e. The molecule has 2 rings (SSSR count). The van der Waals surface area contributed by atoms with Crippen molar-refractivity contribution in [3.05, 3.63) is 64.6 Å². The Balaban J connectivity index is 1.96. The van der Waals surface area contributed by atoms with Gasteiger partial charge in [-0.05, 0) is 61.9 Å². The van der Waals surface area contributed by atoms with Gasteiger partial charge < -0.3 is 10.2 Å². The van der Waals surface area contributed by atoms with E-state index in [1.165, 1.54) is 5.69 Å². The maximum atomic E-state index is 12.0. The summed E-state index contributed by atoms with van der Waals surface area (Å²) in [7, 11) is 0. The Kier molecular flexibility index (Phi) is 6.41. The molecule has 0 unspecified atom stereocenters. The minimum Gasteiger partial charge on any atom is -0.372 e. The highest BCUT2D eigenvalue weighted by molar-refractivity contribution is 9.10. The number of rotatable bonds is 6. The Labute approximate surface area is 146 Å². The van der Waals surface area contributed by atoms with Crippen molar-refractivity contribution >= 4 is 39.3 Å². The third-order valence-electron chi connectivity index (χ3n) is 3.56. The number of benzene rings is 2. The van der Waals surface area contributed by atoms with Crippen LogP contribution in [0.15, 0.2) is 59.1 Å². The van der Waals surface area contributed by atoms with E-state index in [9.17, 15) is 4.79 Å². The maximum Gasteiger partial charge on any atom is 0.248 e. The second kappa shape index (κ2) is 8.53. The number of hydrogen-bond donors (Lipinski definition) is 1. The summed E-state index contributed by atoms with van der Waals surface area (Å²) in [5, 5.41) is 2.87. The predicted molar refractivity (Wildman–Crippen MR) is 102 cm³/mol. The van der Waals surface area contributed by atoms with Crippen LogP contribution in [0.5, 0.6) is 0 Å². The molecule has 0 aromatic heterocycles. The van der Waals surface area contributed by atoms with Crippen molar-refractivity contribution in [1.82, 2.24) is 0 Å². The van der Waals surface area contributed by atoms with Gasteiger partial charge in [0, 0.05) is 35.0 Å². The van der Waals surface area contributed by atoms with E-state index < -0.39 is 0 Å². The Hall–Kier alpha value is -2.07. The molecule has 0 fully saturated rings. The predicted octanol–water partition coefficient (Wildman–Crippen LogP) is 4.95. The fourth-order valence-corrected chi connectivity index (χ4v) is 2.54. The van der Waals surface area contributed by atoms with Gasteiger partial charge >= 0.3 is 0 Å². The summed E-state index contributed by atoms with van der Waals surface area (Å²) in [5.41, 5.74) is 2.95. The molecule has 1 N–H and O–H groups in total. The molecule has 0 saturated carbocycles. The number of nitrogens with zero attached hydrogens (tertiary/aromatic N) is 1.